The van der Waals surface area contributed by atoms with Crippen LogP contribution in [-0.4, -0.2) is 12.6 Å². The van der Waals surface area contributed by atoms with Crippen molar-refractivity contribution in [2.75, 3.05) is 6.54 Å². The highest BCUT2D eigenvalue weighted by atomic mass is 14.6. The van der Waals surface area contributed by atoms with Crippen LogP contribution in [0.4, 0.5) is 0 Å². The Morgan fingerprint density at radius 2 is 1.15 bits per heavy atom. The first-order chi connectivity index (χ1) is 9.57. The number of nitrogens with two attached hydrogens (primary N) is 2. The third-order valence-corrected chi connectivity index (χ3v) is 4.59. The molecule has 122 valence electrons. The highest BCUT2D eigenvalue weighted by Gasteiger charge is 2.11. The minimum Gasteiger partial charge on any atom is -0.330 e. The van der Waals surface area contributed by atoms with Gasteiger partial charge in [0.25, 0.3) is 0 Å². The van der Waals surface area contributed by atoms with Crippen molar-refractivity contribution in [2.24, 2.45) is 23.3 Å². The molecule has 20 heavy (non-hydrogen) atoms. The van der Waals surface area contributed by atoms with Crippen LogP contribution >= 0.6 is 0 Å². The molecule has 0 radical (unpaired) electrons. The molecular formula is C18H40N2. The molecule has 2 heteroatoms. The Balaban J connectivity index is 3.23. The second kappa shape index (κ2) is 13.9. The molecule has 0 aromatic heterocycles. The zero-order valence-electron chi connectivity index (χ0n) is 14.4. The molecule has 0 aliphatic heterocycles. The highest BCUT2D eigenvalue weighted by Crippen LogP contribution is 2.18. The Morgan fingerprint density at radius 3 is 1.60 bits per heavy atom. The largest absolute Gasteiger partial charge is 0.330 e. The van der Waals surface area contributed by atoms with E-state index in [1.807, 2.05) is 0 Å². The molecule has 0 amide bonds. The third kappa shape index (κ3) is 12.9. The summed E-state index contributed by atoms with van der Waals surface area (Å²) in [5.41, 5.74) is 11.7. The van der Waals surface area contributed by atoms with Crippen LogP contribution < -0.4 is 11.5 Å². The van der Waals surface area contributed by atoms with Crippen LogP contribution in [0.15, 0.2) is 0 Å². The van der Waals surface area contributed by atoms with E-state index in [4.69, 9.17) is 11.5 Å². The van der Waals surface area contributed by atoms with E-state index in [0.717, 1.165) is 18.4 Å². The summed E-state index contributed by atoms with van der Waals surface area (Å²) in [5.74, 6) is 1.53. The average molecular weight is 285 g/mol. The van der Waals surface area contributed by atoms with Gasteiger partial charge in [-0.25, -0.2) is 0 Å². The zero-order chi connectivity index (χ0) is 15.2. The van der Waals surface area contributed by atoms with Crippen LogP contribution in [0.1, 0.15) is 91.4 Å². The number of hydrogen-bond donors (Lipinski definition) is 2. The molecule has 0 spiro atoms. The quantitative estimate of drug-likeness (QED) is 0.448. The summed E-state index contributed by atoms with van der Waals surface area (Å²) in [6, 6.07) is 0.420. The molecule has 0 fully saturated rings. The SMILES string of the molecule is CC(C)C(C)CC(N)CCCCCCCCCCCN. The number of rotatable bonds is 14. The minimum atomic E-state index is 0.420. The Morgan fingerprint density at radius 1 is 0.700 bits per heavy atom. The summed E-state index contributed by atoms with van der Waals surface area (Å²) in [4.78, 5) is 0. The fraction of sp³-hybridized carbons (Fsp3) is 1.00. The van der Waals surface area contributed by atoms with Crippen molar-refractivity contribution >= 4 is 0 Å². The molecule has 2 nitrogen and oxygen atoms in total. The van der Waals surface area contributed by atoms with Crippen molar-refractivity contribution in [1.29, 1.82) is 0 Å². The third-order valence-electron chi connectivity index (χ3n) is 4.59. The summed E-state index contributed by atoms with van der Waals surface area (Å²) in [5, 5.41) is 0. The molecule has 0 aromatic rings. The van der Waals surface area contributed by atoms with Gasteiger partial charge < -0.3 is 11.5 Å². The van der Waals surface area contributed by atoms with Gasteiger partial charge in [0.05, 0.1) is 0 Å². The second-order valence-corrected chi connectivity index (χ2v) is 6.98. The Bertz CT molecular complexity index is 192. The summed E-state index contributed by atoms with van der Waals surface area (Å²) >= 11 is 0. The molecular weight excluding hydrogens is 244 g/mol. The minimum absolute atomic E-state index is 0.420. The van der Waals surface area contributed by atoms with E-state index in [-0.39, 0.29) is 0 Å². The molecule has 0 saturated carbocycles. The van der Waals surface area contributed by atoms with E-state index in [1.165, 1.54) is 70.6 Å². The summed E-state index contributed by atoms with van der Waals surface area (Å²) < 4.78 is 0. The van der Waals surface area contributed by atoms with E-state index in [0.29, 0.717) is 6.04 Å². The smallest absolute Gasteiger partial charge is 0.00414 e. The second-order valence-electron chi connectivity index (χ2n) is 6.98. The fourth-order valence-electron chi connectivity index (χ4n) is 2.66. The first-order valence-electron chi connectivity index (χ1n) is 9.03. The average Bonchev–Trinajstić information content (AvgIpc) is 2.40. The van der Waals surface area contributed by atoms with Crippen LogP contribution in [0.25, 0.3) is 0 Å². The van der Waals surface area contributed by atoms with E-state index in [2.05, 4.69) is 20.8 Å². The van der Waals surface area contributed by atoms with Crippen LogP contribution in [0, 0.1) is 11.8 Å². The van der Waals surface area contributed by atoms with Crippen molar-refractivity contribution in [1.82, 2.24) is 0 Å². The maximum atomic E-state index is 6.21. The first kappa shape index (κ1) is 19.9. The van der Waals surface area contributed by atoms with Crippen molar-refractivity contribution in [3.05, 3.63) is 0 Å². The molecule has 0 aliphatic rings. The highest BCUT2D eigenvalue weighted by molar-refractivity contribution is 4.68. The van der Waals surface area contributed by atoms with Crippen LogP contribution in [0.3, 0.4) is 0 Å². The lowest BCUT2D eigenvalue weighted by Crippen LogP contribution is -2.24. The van der Waals surface area contributed by atoms with Gasteiger partial charge >= 0.3 is 0 Å². The normalized spacial score (nSPS) is 14.7. The first-order valence-corrected chi connectivity index (χ1v) is 9.03. The topological polar surface area (TPSA) is 52.0 Å². The molecule has 0 heterocycles. The van der Waals surface area contributed by atoms with E-state index < -0.39 is 0 Å². The van der Waals surface area contributed by atoms with Gasteiger partial charge in [0.15, 0.2) is 0 Å². The standard InChI is InChI=1S/C18H40N2/c1-16(2)17(3)15-18(20)13-11-9-7-5-4-6-8-10-12-14-19/h16-18H,4-15,19-20H2,1-3H3. The molecule has 0 rings (SSSR count). The van der Waals surface area contributed by atoms with Gasteiger partial charge in [0.2, 0.25) is 0 Å². The number of hydrogen-bond acceptors (Lipinski definition) is 2. The van der Waals surface area contributed by atoms with Crippen LogP contribution in [-0.2, 0) is 0 Å². The van der Waals surface area contributed by atoms with Crippen LogP contribution in [0.5, 0.6) is 0 Å². The number of unbranched alkanes of at least 4 members (excludes halogenated alkanes) is 8. The van der Waals surface area contributed by atoms with Gasteiger partial charge in [-0.05, 0) is 37.6 Å². The zero-order valence-corrected chi connectivity index (χ0v) is 14.4. The van der Waals surface area contributed by atoms with Crippen molar-refractivity contribution in [2.45, 2.75) is 97.4 Å². The predicted molar refractivity (Wildman–Crippen MR) is 91.8 cm³/mol. The maximum absolute atomic E-state index is 6.21. The van der Waals surface area contributed by atoms with Gasteiger partial charge in [0, 0.05) is 6.04 Å². The summed E-state index contributed by atoms with van der Waals surface area (Å²) in [7, 11) is 0. The molecule has 0 aromatic carbocycles. The Labute approximate surface area is 128 Å². The summed E-state index contributed by atoms with van der Waals surface area (Å²) in [6.45, 7) is 7.78. The van der Waals surface area contributed by atoms with Gasteiger partial charge in [0.1, 0.15) is 0 Å². The van der Waals surface area contributed by atoms with Gasteiger partial charge in [-0.15, -0.1) is 0 Å². The lowest BCUT2D eigenvalue weighted by Gasteiger charge is -2.20. The molecule has 2 unspecified atom stereocenters. The summed E-state index contributed by atoms with van der Waals surface area (Å²) in [6.07, 6.45) is 14.6. The molecule has 2 atom stereocenters. The monoisotopic (exact) mass is 284 g/mol. The lowest BCUT2D eigenvalue weighted by atomic mass is 9.89. The van der Waals surface area contributed by atoms with Crippen molar-refractivity contribution in [3.8, 4) is 0 Å². The maximum Gasteiger partial charge on any atom is 0.00414 e. The van der Waals surface area contributed by atoms with E-state index in [1.54, 1.807) is 0 Å². The lowest BCUT2D eigenvalue weighted by molar-refractivity contribution is 0.347. The van der Waals surface area contributed by atoms with Crippen LogP contribution in [0.2, 0.25) is 0 Å². The molecule has 0 aliphatic carbocycles. The molecule has 4 N–H and O–H groups in total. The Kier molecular flexibility index (Phi) is 13.8. The van der Waals surface area contributed by atoms with E-state index >= 15 is 0 Å². The molecule has 0 saturated heterocycles. The Hall–Kier alpha value is -0.0800. The van der Waals surface area contributed by atoms with Gasteiger partial charge in [-0.1, -0.05) is 72.1 Å². The predicted octanol–water partition coefficient (Wildman–Crippen LogP) is 4.86. The van der Waals surface area contributed by atoms with Crippen molar-refractivity contribution in [3.63, 3.8) is 0 Å². The van der Waals surface area contributed by atoms with Gasteiger partial charge in [-0.3, -0.25) is 0 Å². The van der Waals surface area contributed by atoms with E-state index in [9.17, 15) is 0 Å². The van der Waals surface area contributed by atoms with Gasteiger partial charge in [-0.2, -0.15) is 0 Å². The van der Waals surface area contributed by atoms with Crippen molar-refractivity contribution < 1.29 is 0 Å². The fourth-order valence-corrected chi connectivity index (χ4v) is 2.66. The molecule has 0 bridgehead atoms.